The maximum atomic E-state index is 11.7. The summed E-state index contributed by atoms with van der Waals surface area (Å²) >= 11 is 1.19. The van der Waals surface area contributed by atoms with E-state index in [0.717, 1.165) is 9.13 Å². The molecule has 8 nitrogen and oxygen atoms in total. The Morgan fingerprint density at radius 2 is 2.10 bits per heavy atom. The van der Waals surface area contributed by atoms with Crippen molar-refractivity contribution in [2.24, 2.45) is 7.05 Å². The number of nitrogens with zero attached hydrogens (tertiary/aromatic N) is 2. The Labute approximate surface area is 118 Å². The smallest absolute Gasteiger partial charge is 0.331 e. The molecule has 0 aliphatic rings. The predicted molar refractivity (Wildman–Crippen MR) is 73.9 cm³/mol. The van der Waals surface area contributed by atoms with Crippen molar-refractivity contribution in [1.29, 1.82) is 0 Å². The van der Waals surface area contributed by atoms with E-state index >= 15 is 0 Å². The first-order valence-electron chi connectivity index (χ1n) is 5.74. The number of carboxylic acid groups (broad SMARTS) is 1. The lowest BCUT2D eigenvalue weighted by molar-refractivity contribution is -0.133. The van der Waals surface area contributed by atoms with E-state index in [-0.39, 0.29) is 18.2 Å². The van der Waals surface area contributed by atoms with Crippen LogP contribution in [0.5, 0.6) is 0 Å². The Morgan fingerprint density at radius 1 is 1.40 bits per heavy atom. The lowest BCUT2D eigenvalue weighted by Crippen LogP contribution is -2.40. The van der Waals surface area contributed by atoms with Gasteiger partial charge in [0.25, 0.3) is 5.56 Å². The van der Waals surface area contributed by atoms with Crippen LogP contribution in [0.25, 0.3) is 0 Å². The number of rotatable bonds is 7. The Morgan fingerprint density at radius 3 is 2.75 bits per heavy atom. The number of hydrogen-bond donors (Lipinski definition) is 2. The number of aromatic nitrogens is 2. The molecule has 0 spiro atoms. The normalized spacial score (nSPS) is 10.2. The molecule has 0 unspecified atom stereocenters. The third kappa shape index (κ3) is 4.92. The molecule has 0 radical (unpaired) electrons. The molecule has 0 fully saturated rings. The van der Waals surface area contributed by atoms with Crippen LogP contribution in [0.2, 0.25) is 0 Å². The molecule has 0 aliphatic heterocycles. The van der Waals surface area contributed by atoms with E-state index in [9.17, 15) is 19.2 Å². The molecule has 0 aromatic carbocycles. The quantitative estimate of drug-likeness (QED) is 0.592. The third-order valence-corrected chi connectivity index (χ3v) is 3.31. The largest absolute Gasteiger partial charge is 0.481 e. The SMILES string of the molecule is Cn1c(=O)ccn(CC(=O)NCCSCC(=O)O)c1=O. The van der Waals surface area contributed by atoms with Crippen molar-refractivity contribution in [3.05, 3.63) is 33.1 Å². The van der Waals surface area contributed by atoms with Gasteiger partial charge in [-0.15, -0.1) is 11.8 Å². The van der Waals surface area contributed by atoms with Crippen LogP contribution in [0, 0.1) is 0 Å². The van der Waals surface area contributed by atoms with Gasteiger partial charge < -0.3 is 10.4 Å². The average Bonchev–Trinajstić information content (AvgIpc) is 2.39. The van der Waals surface area contributed by atoms with Gasteiger partial charge in [0.15, 0.2) is 0 Å². The first-order valence-corrected chi connectivity index (χ1v) is 6.90. The zero-order valence-electron chi connectivity index (χ0n) is 10.9. The molecule has 1 amide bonds. The van der Waals surface area contributed by atoms with E-state index in [1.165, 1.54) is 31.1 Å². The second-order valence-corrected chi connectivity index (χ2v) is 5.02. The maximum Gasteiger partial charge on any atom is 0.331 e. The molecule has 110 valence electrons. The molecule has 1 aromatic rings. The number of thioether (sulfide) groups is 1. The summed E-state index contributed by atoms with van der Waals surface area (Å²) in [6.45, 7) is 0.133. The van der Waals surface area contributed by atoms with Crippen molar-refractivity contribution >= 4 is 23.6 Å². The maximum absolute atomic E-state index is 11.7. The van der Waals surface area contributed by atoms with E-state index < -0.39 is 17.2 Å². The van der Waals surface area contributed by atoms with Gasteiger partial charge in [-0.3, -0.25) is 23.5 Å². The van der Waals surface area contributed by atoms with Crippen LogP contribution in [0.4, 0.5) is 0 Å². The molecule has 2 N–H and O–H groups in total. The van der Waals surface area contributed by atoms with Gasteiger partial charge in [0.05, 0.1) is 5.75 Å². The van der Waals surface area contributed by atoms with Gasteiger partial charge in [-0.2, -0.15) is 0 Å². The number of carbonyl (C=O) groups excluding carboxylic acids is 1. The van der Waals surface area contributed by atoms with Gasteiger partial charge in [-0.05, 0) is 0 Å². The summed E-state index contributed by atoms with van der Waals surface area (Å²) in [5, 5.41) is 11.0. The van der Waals surface area contributed by atoms with Crippen molar-refractivity contribution in [2.75, 3.05) is 18.1 Å². The van der Waals surface area contributed by atoms with Crippen LogP contribution in [0.1, 0.15) is 0 Å². The standard InChI is InChI=1S/C11H15N3O5S/c1-13-9(16)2-4-14(11(13)19)6-8(15)12-3-5-20-7-10(17)18/h2,4H,3,5-7H2,1H3,(H,12,15)(H,17,18). The molecule has 0 aliphatic carbocycles. The summed E-state index contributed by atoms with van der Waals surface area (Å²) in [7, 11) is 1.33. The fourth-order valence-electron chi connectivity index (χ4n) is 1.37. The van der Waals surface area contributed by atoms with E-state index in [4.69, 9.17) is 5.11 Å². The Hall–Kier alpha value is -2.03. The topological polar surface area (TPSA) is 110 Å². The molecule has 0 saturated carbocycles. The molecular weight excluding hydrogens is 286 g/mol. The summed E-state index contributed by atoms with van der Waals surface area (Å²) in [5.74, 6) is -0.823. The van der Waals surface area contributed by atoms with Crippen molar-refractivity contribution in [3.63, 3.8) is 0 Å². The second-order valence-electron chi connectivity index (χ2n) is 3.92. The number of aliphatic carboxylic acids is 1. The first-order chi connectivity index (χ1) is 9.41. The summed E-state index contributed by atoms with van der Waals surface area (Å²) in [4.78, 5) is 44.7. The third-order valence-electron chi connectivity index (χ3n) is 2.37. The first kappa shape index (κ1) is 16.0. The highest BCUT2D eigenvalue weighted by Gasteiger charge is 2.06. The zero-order chi connectivity index (χ0) is 15.1. The van der Waals surface area contributed by atoms with E-state index in [2.05, 4.69) is 5.32 Å². The number of amides is 1. The average molecular weight is 301 g/mol. The van der Waals surface area contributed by atoms with Gasteiger partial charge in [0.2, 0.25) is 5.91 Å². The molecule has 1 aromatic heterocycles. The van der Waals surface area contributed by atoms with Crippen molar-refractivity contribution in [1.82, 2.24) is 14.5 Å². The highest BCUT2D eigenvalue weighted by molar-refractivity contribution is 7.99. The number of carboxylic acids is 1. The van der Waals surface area contributed by atoms with Crippen LogP contribution in [-0.4, -0.2) is 44.2 Å². The minimum Gasteiger partial charge on any atom is -0.481 e. The van der Waals surface area contributed by atoms with E-state index in [1.807, 2.05) is 0 Å². The molecule has 0 bridgehead atoms. The van der Waals surface area contributed by atoms with Gasteiger partial charge in [-0.25, -0.2) is 4.79 Å². The lowest BCUT2D eigenvalue weighted by Gasteiger charge is -2.07. The highest BCUT2D eigenvalue weighted by atomic mass is 32.2. The number of carbonyl (C=O) groups is 2. The Balaban J connectivity index is 2.44. The minimum atomic E-state index is -0.905. The molecule has 9 heteroatoms. The van der Waals surface area contributed by atoms with Crippen LogP contribution in [0.15, 0.2) is 21.9 Å². The van der Waals surface area contributed by atoms with E-state index in [1.54, 1.807) is 0 Å². The monoisotopic (exact) mass is 301 g/mol. The fraction of sp³-hybridized carbons (Fsp3) is 0.455. The van der Waals surface area contributed by atoms with Gasteiger partial charge in [-0.1, -0.05) is 0 Å². The minimum absolute atomic E-state index is 0.0177. The number of hydrogen-bond acceptors (Lipinski definition) is 5. The van der Waals surface area contributed by atoms with Crippen LogP contribution < -0.4 is 16.6 Å². The molecule has 1 heterocycles. The Bertz CT molecular complexity index is 607. The van der Waals surface area contributed by atoms with Gasteiger partial charge >= 0.3 is 11.7 Å². The molecule has 0 saturated heterocycles. The van der Waals surface area contributed by atoms with Gasteiger partial charge in [0.1, 0.15) is 6.54 Å². The fourth-order valence-corrected chi connectivity index (χ4v) is 1.93. The van der Waals surface area contributed by atoms with Crippen molar-refractivity contribution in [2.45, 2.75) is 6.54 Å². The molecule has 20 heavy (non-hydrogen) atoms. The van der Waals surface area contributed by atoms with Crippen LogP contribution >= 0.6 is 11.8 Å². The summed E-state index contributed by atoms with van der Waals surface area (Å²) in [5.41, 5.74) is -0.996. The molecular formula is C11H15N3O5S. The number of nitrogens with one attached hydrogen (secondary N) is 1. The predicted octanol–water partition coefficient (Wildman–Crippen LogP) is -1.52. The Kier molecular flexibility index (Phi) is 6.04. The lowest BCUT2D eigenvalue weighted by atomic mass is 10.5. The van der Waals surface area contributed by atoms with E-state index in [0.29, 0.717) is 12.3 Å². The summed E-state index contributed by atoms with van der Waals surface area (Å²) < 4.78 is 2.04. The zero-order valence-corrected chi connectivity index (χ0v) is 11.7. The molecule has 1 rings (SSSR count). The molecule has 0 atom stereocenters. The van der Waals surface area contributed by atoms with Crippen LogP contribution in [-0.2, 0) is 23.2 Å². The summed E-state index contributed by atoms with van der Waals surface area (Å²) in [6, 6.07) is 1.21. The van der Waals surface area contributed by atoms with Crippen molar-refractivity contribution < 1.29 is 14.7 Å². The van der Waals surface area contributed by atoms with Gasteiger partial charge in [0, 0.05) is 31.6 Å². The van der Waals surface area contributed by atoms with Crippen molar-refractivity contribution in [3.8, 4) is 0 Å². The second kappa shape index (κ2) is 7.53. The summed E-state index contributed by atoms with van der Waals surface area (Å²) in [6.07, 6.45) is 1.27. The highest BCUT2D eigenvalue weighted by Crippen LogP contribution is 1.96. The van der Waals surface area contributed by atoms with Crippen LogP contribution in [0.3, 0.4) is 0 Å².